The summed E-state index contributed by atoms with van der Waals surface area (Å²) in [5, 5.41) is 7.25. The fourth-order valence-corrected chi connectivity index (χ4v) is 3.52. The Hall–Kier alpha value is -2.53. The molecule has 26 heavy (non-hydrogen) atoms. The molecule has 1 amide bonds. The second-order valence-electron chi connectivity index (χ2n) is 6.40. The van der Waals surface area contributed by atoms with Gasteiger partial charge in [0, 0.05) is 23.8 Å². The zero-order valence-electron chi connectivity index (χ0n) is 15.1. The van der Waals surface area contributed by atoms with Crippen LogP contribution in [0, 0.1) is 0 Å². The normalized spacial score (nSPS) is 10.9. The van der Waals surface area contributed by atoms with Gasteiger partial charge in [0.1, 0.15) is 0 Å². The monoisotopic (exact) mass is 365 g/mol. The fraction of sp³-hybridized carbons (Fsp3) is 0.238. The molecule has 0 saturated carbocycles. The third-order valence-electron chi connectivity index (χ3n) is 4.06. The maximum atomic E-state index is 12.2. The molecular formula is C21H23N3OS. The first-order chi connectivity index (χ1) is 12.6. The quantitative estimate of drug-likeness (QED) is 0.650. The van der Waals surface area contributed by atoms with Crippen molar-refractivity contribution in [1.82, 2.24) is 9.78 Å². The summed E-state index contributed by atoms with van der Waals surface area (Å²) in [5.41, 5.74) is 4.31. The van der Waals surface area contributed by atoms with Gasteiger partial charge in [-0.2, -0.15) is 5.10 Å². The largest absolute Gasteiger partial charge is 0.325 e. The van der Waals surface area contributed by atoms with Crippen LogP contribution in [0.5, 0.6) is 0 Å². The van der Waals surface area contributed by atoms with Gasteiger partial charge in [-0.3, -0.25) is 4.79 Å². The molecule has 0 aliphatic heterocycles. The van der Waals surface area contributed by atoms with Gasteiger partial charge in [0.05, 0.1) is 11.4 Å². The number of thioether (sulfide) groups is 1. The predicted octanol–water partition coefficient (Wildman–Crippen LogP) is 4.87. The van der Waals surface area contributed by atoms with E-state index in [9.17, 15) is 4.79 Å². The van der Waals surface area contributed by atoms with E-state index < -0.39 is 0 Å². The van der Waals surface area contributed by atoms with Crippen molar-refractivity contribution < 1.29 is 4.79 Å². The Labute approximate surface area is 158 Å². The molecule has 134 valence electrons. The zero-order chi connectivity index (χ0) is 18.4. The number of carbonyl (C=O) groups is 1. The maximum absolute atomic E-state index is 12.2. The van der Waals surface area contributed by atoms with Gasteiger partial charge in [0.15, 0.2) is 0 Å². The summed E-state index contributed by atoms with van der Waals surface area (Å²) in [5.74, 6) is 1.66. The van der Waals surface area contributed by atoms with Crippen LogP contribution in [-0.4, -0.2) is 21.4 Å². The number of rotatable bonds is 7. The molecule has 3 rings (SSSR count). The highest BCUT2D eigenvalue weighted by atomic mass is 32.2. The average molecular weight is 366 g/mol. The van der Waals surface area contributed by atoms with Crippen molar-refractivity contribution >= 4 is 23.4 Å². The van der Waals surface area contributed by atoms with E-state index in [2.05, 4.69) is 42.5 Å². The van der Waals surface area contributed by atoms with Crippen molar-refractivity contribution in [3.8, 4) is 5.69 Å². The maximum Gasteiger partial charge on any atom is 0.234 e. The molecule has 1 heterocycles. The minimum atomic E-state index is 0.0382. The lowest BCUT2D eigenvalue weighted by molar-refractivity contribution is -0.113. The molecular weight excluding hydrogens is 342 g/mol. The van der Waals surface area contributed by atoms with E-state index in [0.717, 1.165) is 17.1 Å². The summed E-state index contributed by atoms with van der Waals surface area (Å²) in [7, 11) is 0. The lowest BCUT2D eigenvalue weighted by Crippen LogP contribution is -2.15. The summed E-state index contributed by atoms with van der Waals surface area (Å²) in [6.07, 6.45) is 3.68. The summed E-state index contributed by atoms with van der Waals surface area (Å²) in [6.45, 7) is 4.26. The van der Waals surface area contributed by atoms with E-state index in [1.165, 1.54) is 11.1 Å². The van der Waals surface area contributed by atoms with Crippen molar-refractivity contribution in [3.05, 3.63) is 78.1 Å². The van der Waals surface area contributed by atoms with Gasteiger partial charge >= 0.3 is 0 Å². The van der Waals surface area contributed by atoms with Gasteiger partial charge in [0.2, 0.25) is 5.91 Å². The lowest BCUT2D eigenvalue weighted by atomic mass is 10.0. The molecule has 4 nitrogen and oxygen atoms in total. The van der Waals surface area contributed by atoms with Crippen LogP contribution < -0.4 is 5.32 Å². The van der Waals surface area contributed by atoms with Crippen molar-refractivity contribution in [2.24, 2.45) is 0 Å². The minimum Gasteiger partial charge on any atom is -0.325 e. The molecule has 3 aromatic rings. The van der Waals surface area contributed by atoms with Crippen molar-refractivity contribution in [1.29, 1.82) is 0 Å². The highest BCUT2D eigenvalue weighted by molar-refractivity contribution is 7.99. The van der Waals surface area contributed by atoms with Crippen LogP contribution in [0.4, 0.5) is 5.69 Å². The first kappa shape index (κ1) is 18.3. The van der Waals surface area contributed by atoms with Crippen LogP contribution >= 0.6 is 11.8 Å². The average Bonchev–Trinajstić information content (AvgIpc) is 3.17. The molecule has 2 aromatic carbocycles. The molecule has 0 atom stereocenters. The Morgan fingerprint density at radius 2 is 1.88 bits per heavy atom. The number of carbonyl (C=O) groups excluding carboxylic acids is 1. The Kier molecular flexibility index (Phi) is 6.12. The second kappa shape index (κ2) is 8.72. The van der Waals surface area contributed by atoms with Gasteiger partial charge in [-0.15, -0.1) is 11.8 Å². The third-order valence-corrected chi connectivity index (χ3v) is 5.07. The molecule has 0 radical (unpaired) electrons. The first-order valence-electron chi connectivity index (χ1n) is 8.69. The van der Waals surface area contributed by atoms with Gasteiger partial charge in [0.25, 0.3) is 0 Å². The molecule has 0 fully saturated rings. The lowest BCUT2D eigenvalue weighted by Gasteiger charge is -2.13. The highest BCUT2D eigenvalue weighted by Gasteiger charge is 2.09. The SMILES string of the molecule is CC(C)c1ccccc1NC(=O)CSCc1ccc(-n2cccn2)cc1. The second-order valence-corrected chi connectivity index (χ2v) is 7.39. The fourth-order valence-electron chi connectivity index (χ4n) is 2.73. The van der Waals surface area contributed by atoms with Gasteiger partial charge in [-0.05, 0) is 41.3 Å². The van der Waals surface area contributed by atoms with Gasteiger partial charge in [-0.1, -0.05) is 44.2 Å². The Morgan fingerprint density at radius 1 is 1.12 bits per heavy atom. The number of nitrogens with one attached hydrogen (secondary N) is 1. The van der Waals surface area contributed by atoms with Crippen LogP contribution in [0.1, 0.15) is 30.9 Å². The Bertz CT molecular complexity index is 842. The smallest absolute Gasteiger partial charge is 0.234 e. The standard InChI is InChI=1S/C21H23N3OS/c1-16(2)19-6-3-4-7-20(19)23-21(25)15-26-14-17-8-10-18(11-9-17)24-13-5-12-22-24/h3-13,16H,14-15H2,1-2H3,(H,23,25). The molecule has 5 heteroatoms. The predicted molar refractivity (Wildman–Crippen MR) is 109 cm³/mol. The molecule has 0 spiro atoms. The van der Waals surface area contributed by atoms with Crippen LogP contribution in [0.3, 0.4) is 0 Å². The first-order valence-corrected chi connectivity index (χ1v) is 9.84. The minimum absolute atomic E-state index is 0.0382. The van der Waals surface area contributed by atoms with Crippen LogP contribution in [0.25, 0.3) is 5.69 Å². The number of benzene rings is 2. The van der Waals surface area contributed by atoms with E-state index in [1.54, 1.807) is 18.0 Å². The van der Waals surface area contributed by atoms with Crippen LogP contribution in [0.2, 0.25) is 0 Å². The van der Waals surface area contributed by atoms with Crippen LogP contribution in [-0.2, 0) is 10.5 Å². The van der Waals surface area contributed by atoms with Crippen molar-refractivity contribution in [2.75, 3.05) is 11.1 Å². The van der Waals surface area contributed by atoms with E-state index in [0.29, 0.717) is 11.7 Å². The summed E-state index contributed by atoms with van der Waals surface area (Å²) in [6, 6.07) is 18.1. The van der Waals surface area contributed by atoms with E-state index in [4.69, 9.17) is 0 Å². The summed E-state index contributed by atoms with van der Waals surface area (Å²) >= 11 is 1.62. The number of amides is 1. The molecule has 0 aliphatic carbocycles. The number of hydrogen-bond donors (Lipinski definition) is 1. The zero-order valence-corrected chi connectivity index (χ0v) is 15.9. The van der Waals surface area contributed by atoms with Crippen LogP contribution in [0.15, 0.2) is 67.0 Å². The number of para-hydroxylation sites is 1. The van der Waals surface area contributed by atoms with Crippen molar-refractivity contribution in [3.63, 3.8) is 0 Å². The summed E-state index contributed by atoms with van der Waals surface area (Å²) in [4.78, 5) is 12.2. The number of hydrogen-bond acceptors (Lipinski definition) is 3. The van der Waals surface area contributed by atoms with Crippen molar-refractivity contribution in [2.45, 2.75) is 25.5 Å². The number of nitrogens with zero attached hydrogens (tertiary/aromatic N) is 2. The number of anilines is 1. The molecule has 0 saturated heterocycles. The molecule has 0 aliphatic rings. The van der Waals surface area contributed by atoms with E-state index >= 15 is 0 Å². The molecule has 0 bridgehead atoms. The highest BCUT2D eigenvalue weighted by Crippen LogP contribution is 2.24. The third kappa shape index (κ3) is 4.76. The molecule has 0 unspecified atom stereocenters. The van der Waals surface area contributed by atoms with Gasteiger partial charge < -0.3 is 5.32 Å². The Balaban J connectivity index is 1.50. The topological polar surface area (TPSA) is 46.9 Å². The van der Waals surface area contributed by atoms with Gasteiger partial charge in [-0.25, -0.2) is 4.68 Å². The molecule has 1 aromatic heterocycles. The molecule has 1 N–H and O–H groups in total. The number of aromatic nitrogens is 2. The Morgan fingerprint density at radius 3 is 2.58 bits per heavy atom. The van der Waals surface area contributed by atoms with E-state index in [1.807, 2.05) is 47.3 Å². The summed E-state index contributed by atoms with van der Waals surface area (Å²) < 4.78 is 1.83. The van der Waals surface area contributed by atoms with E-state index in [-0.39, 0.29) is 5.91 Å².